The van der Waals surface area contributed by atoms with E-state index >= 15 is 0 Å². The zero-order valence-electron chi connectivity index (χ0n) is 16.8. The zero-order chi connectivity index (χ0) is 19.8. The maximum Gasteiger partial charge on any atom is 0.220 e. The minimum Gasteiger partial charge on any atom is -0.493 e. The molecule has 0 atom stereocenters. The molecule has 2 aromatic carbocycles. The van der Waals surface area contributed by atoms with Crippen molar-refractivity contribution in [2.24, 2.45) is 0 Å². The number of aryl methyl sites for hydroxylation is 4. The molecule has 2 aromatic rings. The number of hydrogen-bond acceptors (Lipinski definition) is 4. The summed E-state index contributed by atoms with van der Waals surface area (Å²) in [5, 5.41) is 2.90. The molecule has 0 unspecified atom stereocenters. The van der Waals surface area contributed by atoms with Crippen LogP contribution < -0.4 is 19.5 Å². The molecule has 146 valence electrons. The highest BCUT2D eigenvalue weighted by atomic mass is 16.5. The smallest absolute Gasteiger partial charge is 0.220 e. The molecule has 0 fully saturated rings. The van der Waals surface area contributed by atoms with Gasteiger partial charge in [0.2, 0.25) is 5.91 Å². The Labute approximate surface area is 161 Å². The molecule has 1 N–H and O–H groups in total. The van der Waals surface area contributed by atoms with Gasteiger partial charge in [-0.2, -0.15) is 0 Å². The fraction of sp³-hybridized carbons (Fsp3) is 0.409. The summed E-state index contributed by atoms with van der Waals surface area (Å²) in [5.41, 5.74) is 4.60. The van der Waals surface area contributed by atoms with Crippen LogP contribution in [0.1, 0.15) is 28.7 Å². The van der Waals surface area contributed by atoms with E-state index in [0.717, 1.165) is 16.9 Å². The molecule has 0 aliphatic rings. The minimum absolute atomic E-state index is 0.00481. The largest absolute Gasteiger partial charge is 0.493 e. The van der Waals surface area contributed by atoms with E-state index in [4.69, 9.17) is 14.2 Å². The van der Waals surface area contributed by atoms with Crippen molar-refractivity contribution in [1.82, 2.24) is 5.32 Å². The number of rotatable bonds is 9. The fourth-order valence-electron chi connectivity index (χ4n) is 2.82. The van der Waals surface area contributed by atoms with Gasteiger partial charge in [-0.1, -0.05) is 12.1 Å². The molecule has 2 rings (SSSR count). The Hall–Kier alpha value is -2.69. The molecule has 5 nitrogen and oxygen atoms in total. The maximum absolute atomic E-state index is 12.0. The van der Waals surface area contributed by atoms with E-state index in [0.29, 0.717) is 37.5 Å². The molecular formula is C22H29NO4. The number of carbonyl (C=O) groups excluding carboxylic acids is 1. The van der Waals surface area contributed by atoms with Crippen molar-refractivity contribution < 1.29 is 19.0 Å². The molecule has 0 aromatic heterocycles. The van der Waals surface area contributed by atoms with Gasteiger partial charge in [0.05, 0.1) is 20.8 Å². The van der Waals surface area contributed by atoms with Crippen LogP contribution in [0.2, 0.25) is 0 Å². The van der Waals surface area contributed by atoms with Gasteiger partial charge < -0.3 is 19.5 Å². The third-order valence-corrected chi connectivity index (χ3v) is 4.56. The SMILES string of the molecule is COc1ccc(CCC(=O)NCCOc2cc(C)c(C)cc2C)cc1OC. The molecule has 27 heavy (non-hydrogen) atoms. The Balaban J connectivity index is 1.75. The molecule has 5 heteroatoms. The van der Waals surface area contributed by atoms with Gasteiger partial charge in [0.25, 0.3) is 0 Å². The van der Waals surface area contributed by atoms with Crippen LogP contribution in [0.3, 0.4) is 0 Å². The Morgan fingerprint density at radius 3 is 2.30 bits per heavy atom. The highest BCUT2D eigenvalue weighted by Crippen LogP contribution is 2.28. The second-order valence-electron chi connectivity index (χ2n) is 6.59. The van der Waals surface area contributed by atoms with Crippen molar-refractivity contribution >= 4 is 5.91 Å². The number of methoxy groups -OCH3 is 2. The van der Waals surface area contributed by atoms with Crippen LogP contribution in [-0.4, -0.2) is 33.3 Å². The lowest BCUT2D eigenvalue weighted by atomic mass is 10.1. The standard InChI is InChI=1S/C22H29NO4/c1-15-12-17(3)20(13-16(15)2)27-11-10-23-22(24)9-7-18-6-8-19(25-4)21(14-18)26-5/h6,8,12-14H,7,9-11H2,1-5H3,(H,23,24). The van der Waals surface area contributed by atoms with Crippen LogP contribution in [-0.2, 0) is 11.2 Å². The topological polar surface area (TPSA) is 56.8 Å². The van der Waals surface area contributed by atoms with Gasteiger partial charge in [-0.3, -0.25) is 4.79 Å². The fourth-order valence-corrected chi connectivity index (χ4v) is 2.82. The number of nitrogens with one attached hydrogen (secondary N) is 1. The van der Waals surface area contributed by atoms with Crippen molar-refractivity contribution in [3.8, 4) is 17.2 Å². The lowest BCUT2D eigenvalue weighted by molar-refractivity contribution is -0.121. The second kappa shape index (κ2) is 9.86. The molecule has 0 aliphatic carbocycles. The summed E-state index contributed by atoms with van der Waals surface area (Å²) in [5.74, 6) is 2.24. The number of carbonyl (C=O) groups is 1. The Morgan fingerprint density at radius 1 is 0.889 bits per heavy atom. The summed E-state index contributed by atoms with van der Waals surface area (Å²) >= 11 is 0. The van der Waals surface area contributed by atoms with Crippen LogP contribution in [0.15, 0.2) is 30.3 Å². The van der Waals surface area contributed by atoms with Crippen LogP contribution >= 0.6 is 0 Å². The summed E-state index contributed by atoms with van der Waals surface area (Å²) in [7, 11) is 3.21. The van der Waals surface area contributed by atoms with E-state index in [9.17, 15) is 4.79 Å². The van der Waals surface area contributed by atoms with E-state index in [2.05, 4.69) is 25.2 Å². The normalized spacial score (nSPS) is 10.4. The van der Waals surface area contributed by atoms with Crippen molar-refractivity contribution in [3.05, 3.63) is 52.6 Å². The van der Waals surface area contributed by atoms with E-state index in [-0.39, 0.29) is 5.91 Å². The molecule has 0 saturated heterocycles. The average molecular weight is 371 g/mol. The zero-order valence-corrected chi connectivity index (χ0v) is 16.8. The summed E-state index contributed by atoms with van der Waals surface area (Å²) in [4.78, 5) is 12.0. The summed E-state index contributed by atoms with van der Waals surface area (Å²) in [6.07, 6.45) is 1.06. The van der Waals surface area contributed by atoms with Crippen molar-refractivity contribution in [2.75, 3.05) is 27.4 Å². The number of ether oxygens (including phenoxy) is 3. The first-order valence-electron chi connectivity index (χ1n) is 9.13. The molecule has 0 saturated carbocycles. The predicted octanol–water partition coefficient (Wildman–Crippen LogP) is 3.76. The molecule has 0 spiro atoms. The van der Waals surface area contributed by atoms with Crippen LogP contribution in [0.4, 0.5) is 0 Å². The van der Waals surface area contributed by atoms with Gasteiger partial charge >= 0.3 is 0 Å². The lowest BCUT2D eigenvalue weighted by Crippen LogP contribution is -2.28. The number of benzene rings is 2. The molecular weight excluding hydrogens is 342 g/mol. The first-order chi connectivity index (χ1) is 12.9. The summed E-state index contributed by atoms with van der Waals surface area (Å²) in [6.45, 7) is 7.12. The van der Waals surface area contributed by atoms with Crippen LogP contribution in [0, 0.1) is 20.8 Å². The monoisotopic (exact) mass is 371 g/mol. The second-order valence-corrected chi connectivity index (χ2v) is 6.59. The first kappa shape index (κ1) is 20.6. The van der Waals surface area contributed by atoms with Gasteiger partial charge in [-0.15, -0.1) is 0 Å². The molecule has 0 aliphatic heterocycles. The summed E-state index contributed by atoms with van der Waals surface area (Å²) < 4.78 is 16.3. The third-order valence-electron chi connectivity index (χ3n) is 4.56. The number of amides is 1. The van der Waals surface area contributed by atoms with Crippen LogP contribution in [0.5, 0.6) is 17.2 Å². The molecule has 0 heterocycles. The van der Waals surface area contributed by atoms with Gasteiger partial charge in [0, 0.05) is 6.42 Å². The maximum atomic E-state index is 12.0. The van der Waals surface area contributed by atoms with E-state index in [1.165, 1.54) is 11.1 Å². The Bertz CT molecular complexity index is 786. The van der Waals surface area contributed by atoms with Gasteiger partial charge in [-0.25, -0.2) is 0 Å². The van der Waals surface area contributed by atoms with Crippen molar-refractivity contribution in [3.63, 3.8) is 0 Å². The summed E-state index contributed by atoms with van der Waals surface area (Å²) in [6, 6.07) is 9.86. The van der Waals surface area contributed by atoms with Crippen molar-refractivity contribution in [2.45, 2.75) is 33.6 Å². The first-order valence-corrected chi connectivity index (χ1v) is 9.13. The highest BCUT2D eigenvalue weighted by Gasteiger charge is 2.07. The van der Waals surface area contributed by atoms with E-state index in [1.807, 2.05) is 31.2 Å². The van der Waals surface area contributed by atoms with Gasteiger partial charge in [0.1, 0.15) is 12.4 Å². The van der Waals surface area contributed by atoms with Crippen molar-refractivity contribution in [1.29, 1.82) is 0 Å². The predicted molar refractivity (Wildman–Crippen MR) is 107 cm³/mol. The quantitative estimate of drug-likeness (QED) is 0.682. The van der Waals surface area contributed by atoms with Gasteiger partial charge in [-0.05, 0) is 67.6 Å². The van der Waals surface area contributed by atoms with E-state index < -0.39 is 0 Å². The van der Waals surface area contributed by atoms with Gasteiger partial charge in [0.15, 0.2) is 11.5 Å². The number of hydrogen-bond donors (Lipinski definition) is 1. The average Bonchev–Trinajstić information content (AvgIpc) is 2.66. The Morgan fingerprint density at radius 2 is 1.59 bits per heavy atom. The lowest BCUT2D eigenvalue weighted by Gasteiger charge is -2.12. The van der Waals surface area contributed by atoms with Crippen LogP contribution in [0.25, 0.3) is 0 Å². The minimum atomic E-state index is 0.00481. The molecule has 0 radical (unpaired) electrons. The Kier molecular flexibility index (Phi) is 7.53. The molecule has 0 bridgehead atoms. The highest BCUT2D eigenvalue weighted by molar-refractivity contribution is 5.76. The third kappa shape index (κ3) is 5.91. The van der Waals surface area contributed by atoms with E-state index in [1.54, 1.807) is 14.2 Å². The molecule has 1 amide bonds.